The van der Waals surface area contributed by atoms with E-state index >= 15 is 0 Å². The number of hydrogen-bond donors (Lipinski definition) is 0. The van der Waals surface area contributed by atoms with E-state index in [9.17, 15) is 4.79 Å². The summed E-state index contributed by atoms with van der Waals surface area (Å²) in [6.45, 7) is 4.50. The van der Waals surface area contributed by atoms with Gasteiger partial charge in [0.05, 0.1) is 19.4 Å². The molecule has 0 bridgehead atoms. The number of fused-ring (bicyclic) bond motifs is 2. The van der Waals surface area contributed by atoms with Crippen molar-refractivity contribution >= 4 is 17.3 Å². The van der Waals surface area contributed by atoms with E-state index in [0.29, 0.717) is 18.0 Å². The zero-order valence-electron chi connectivity index (χ0n) is 16.5. The summed E-state index contributed by atoms with van der Waals surface area (Å²) in [6, 6.07) is 9.74. The Morgan fingerprint density at radius 1 is 1.21 bits per heavy atom. The standard InChI is InChI=1S/C23H24N2O3/c1-4-28-19-10-6-8-17(22(19)27-3)13-16-7-5-9-18-21(16)24-20-12-11-15(2)14-25(20)23(18)26/h6,8,10-14H,4-5,7,9H2,1-3H3. The van der Waals surface area contributed by atoms with E-state index in [1.807, 2.05) is 50.4 Å². The highest BCUT2D eigenvalue weighted by atomic mass is 16.5. The fourth-order valence-electron chi connectivity index (χ4n) is 3.81. The number of allylic oxidation sites excluding steroid dienone is 1. The first-order valence-electron chi connectivity index (χ1n) is 9.65. The van der Waals surface area contributed by atoms with Gasteiger partial charge < -0.3 is 9.47 Å². The molecule has 1 aliphatic rings. The number of rotatable bonds is 4. The van der Waals surface area contributed by atoms with Crippen LogP contribution in [0, 0.1) is 6.92 Å². The van der Waals surface area contributed by atoms with Gasteiger partial charge in [0.15, 0.2) is 11.5 Å². The van der Waals surface area contributed by atoms with Crippen LogP contribution in [0.15, 0.2) is 41.3 Å². The molecule has 0 unspecified atom stereocenters. The van der Waals surface area contributed by atoms with Gasteiger partial charge in [-0.3, -0.25) is 9.20 Å². The molecular weight excluding hydrogens is 352 g/mol. The van der Waals surface area contributed by atoms with Gasteiger partial charge in [0, 0.05) is 17.3 Å². The molecule has 0 atom stereocenters. The lowest BCUT2D eigenvalue weighted by molar-refractivity contribution is 0.310. The molecule has 0 amide bonds. The van der Waals surface area contributed by atoms with Crippen molar-refractivity contribution in [2.75, 3.05) is 13.7 Å². The monoisotopic (exact) mass is 376 g/mol. The van der Waals surface area contributed by atoms with Gasteiger partial charge >= 0.3 is 0 Å². The summed E-state index contributed by atoms with van der Waals surface area (Å²) < 4.78 is 13.0. The molecule has 0 fully saturated rings. The molecule has 0 N–H and O–H groups in total. The van der Waals surface area contributed by atoms with Gasteiger partial charge in [0.1, 0.15) is 5.65 Å². The Bertz CT molecular complexity index is 1130. The summed E-state index contributed by atoms with van der Waals surface area (Å²) in [4.78, 5) is 17.9. The summed E-state index contributed by atoms with van der Waals surface area (Å²) >= 11 is 0. The number of methoxy groups -OCH3 is 1. The summed E-state index contributed by atoms with van der Waals surface area (Å²) in [5.74, 6) is 1.43. The molecule has 5 nitrogen and oxygen atoms in total. The number of ether oxygens (including phenoxy) is 2. The second-order valence-corrected chi connectivity index (χ2v) is 7.01. The molecule has 0 saturated heterocycles. The Morgan fingerprint density at radius 3 is 2.86 bits per heavy atom. The Hall–Kier alpha value is -3.08. The Kier molecular flexibility index (Phi) is 4.90. The fraction of sp³-hybridized carbons (Fsp3) is 0.304. The fourth-order valence-corrected chi connectivity index (χ4v) is 3.81. The van der Waals surface area contributed by atoms with Crippen LogP contribution in [0.25, 0.3) is 17.3 Å². The minimum Gasteiger partial charge on any atom is -0.492 e. The number of hydrogen-bond acceptors (Lipinski definition) is 4. The highest BCUT2D eigenvalue weighted by Gasteiger charge is 2.21. The van der Waals surface area contributed by atoms with Gasteiger partial charge in [-0.1, -0.05) is 18.2 Å². The predicted molar refractivity (Wildman–Crippen MR) is 111 cm³/mol. The number of pyridine rings is 1. The third-order valence-corrected chi connectivity index (χ3v) is 5.08. The lowest BCUT2D eigenvalue weighted by atomic mass is 9.90. The molecule has 4 rings (SSSR count). The van der Waals surface area contributed by atoms with E-state index in [1.165, 1.54) is 0 Å². The molecule has 3 aromatic rings. The van der Waals surface area contributed by atoms with Crippen LogP contribution < -0.4 is 15.0 Å². The van der Waals surface area contributed by atoms with Crippen LogP contribution in [0.2, 0.25) is 0 Å². The average Bonchev–Trinajstić information content (AvgIpc) is 2.70. The summed E-state index contributed by atoms with van der Waals surface area (Å²) in [7, 11) is 1.65. The van der Waals surface area contributed by atoms with E-state index in [2.05, 4.69) is 6.08 Å². The van der Waals surface area contributed by atoms with Crippen LogP contribution in [0.3, 0.4) is 0 Å². The maximum atomic E-state index is 13.0. The molecule has 2 heterocycles. The second kappa shape index (κ2) is 7.50. The summed E-state index contributed by atoms with van der Waals surface area (Å²) in [6.07, 6.45) is 6.50. The lowest BCUT2D eigenvalue weighted by Gasteiger charge is -2.19. The number of aryl methyl sites for hydroxylation is 1. The zero-order valence-corrected chi connectivity index (χ0v) is 16.5. The molecular formula is C23H24N2O3. The molecule has 0 saturated carbocycles. The van der Waals surface area contributed by atoms with Crippen LogP contribution in [-0.4, -0.2) is 23.1 Å². The maximum Gasteiger partial charge on any atom is 0.261 e. The van der Waals surface area contributed by atoms with Gasteiger partial charge in [-0.15, -0.1) is 0 Å². The number of aromatic nitrogens is 2. The van der Waals surface area contributed by atoms with Crippen molar-refractivity contribution in [1.82, 2.24) is 9.38 Å². The predicted octanol–water partition coefficient (Wildman–Crippen LogP) is 4.29. The van der Waals surface area contributed by atoms with E-state index in [1.54, 1.807) is 11.5 Å². The minimum absolute atomic E-state index is 0.0318. The van der Waals surface area contributed by atoms with Crippen molar-refractivity contribution in [3.05, 3.63) is 69.3 Å². The van der Waals surface area contributed by atoms with Gasteiger partial charge in [0.25, 0.3) is 5.56 Å². The first-order chi connectivity index (χ1) is 13.6. The molecule has 0 radical (unpaired) electrons. The average molecular weight is 376 g/mol. The first-order valence-corrected chi connectivity index (χ1v) is 9.65. The molecule has 0 spiro atoms. The number of benzene rings is 1. The van der Waals surface area contributed by atoms with Crippen molar-refractivity contribution < 1.29 is 9.47 Å². The van der Waals surface area contributed by atoms with Crippen LogP contribution in [0.1, 0.15) is 42.1 Å². The number of nitrogens with zero attached hydrogens (tertiary/aromatic N) is 2. The molecule has 2 aromatic heterocycles. The van der Waals surface area contributed by atoms with Crippen molar-refractivity contribution in [2.45, 2.75) is 33.1 Å². The van der Waals surface area contributed by atoms with E-state index < -0.39 is 0 Å². The summed E-state index contributed by atoms with van der Waals surface area (Å²) in [5.41, 5.74) is 5.35. The Balaban J connectivity index is 1.89. The molecule has 1 aromatic carbocycles. The quantitative estimate of drug-likeness (QED) is 0.682. The van der Waals surface area contributed by atoms with E-state index in [4.69, 9.17) is 14.5 Å². The third-order valence-electron chi connectivity index (χ3n) is 5.08. The zero-order chi connectivity index (χ0) is 19.7. The normalized spacial score (nSPS) is 14.9. The van der Waals surface area contributed by atoms with E-state index in [-0.39, 0.29) is 5.56 Å². The van der Waals surface area contributed by atoms with Crippen LogP contribution in [0.5, 0.6) is 11.5 Å². The molecule has 28 heavy (non-hydrogen) atoms. The Morgan fingerprint density at radius 2 is 2.07 bits per heavy atom. The highest BCUT2D eigenvalue weighted by molar-refractivity contribution is 5.84. The molecule has 144 valence electrons. The van der Waals surface area contributed by atoms with Gasteiger partial charge in [-0.25, -0.2) is 4.98 Å². The van der Waals surface area contributed by atoms with Crippen molar-refractivity contribution in [2.24, 2.45) is 0 Å². The minimum atomic E-state index is 0.0318. The second-order valence-electron chi connectivity index (χ2n) is 7.01. The van der Waals surface area contributed by atoms with Crippen LogP contribution >= 0.6 is 0 Å². The van der Waals surface area contributed by atoms with Crippen LogP contribution in [0.4, 0.5) is 0 Å². The topological polar surface area (TPSA) is 52.8 Å². The molecule has 5 heteroatoms. The number of para-hydroxylation sites is 1. The van der Waals surface area contributed by atoms with Crippen molar-refractivity contribution in [3.8, 4) is 11.5 Å². The first kappa shape index (κ1) is 18.3. The smallest absolute Gasteiger partial charge is 0.261 e. The van der Waals surface area contributed by atoms with E-state index in [0.717, 1.165) is 53.0 Å². The highest BCUT2D eigenvalue weighted by Crippen LogP contribution is 2.36. The van der Waals surface area contributed by atoms with Gasteiger partial charge in [0.2, 0.25) is 0 Å². The third kappa shape index (κ3) is 3.17. The molecule has 0 aliphatic heterocycles. The van der Waals surface area contributed by atoms with Crippen LogP contribution in [-0.2, 0) is 6.42 Å². The Labute approximate surface area is 164 Å². The summed E-state index contributed by atoms with van der Waals surface area (Å²) in [5, 5.41) is 0. The molecule has 1 aliphatic carbocycles. The van der Waals surface area contributed by atoms with Crippen molar-refractivity contribution in [3.63, 3.8) is 0 Å². The van der Waals surface area contributed by atoms with Gasteiger partial charge in [-0.2, -0.15) is 0 Å². The lowest BCUT2D eigenvalue weighted by Crippen LogP contribution is -2.24. The largest absolute Gasteiger partial charge is 0.492 e. The van der Waals surface area contributed by atoms with Gasteiger partial charge in [-0.05, 0) is 62.5 Å². The maximum absolute atomic E-state index is 13.0. The SMILES string of the molecule is CCOc1cccc(C=C2CCCc3c2nc2ccc(C)cn2c3=O)c1OC. The van der Waals surface area contributed by atoms with Crippen molar-refractivity contribution in [1.29, 1.82) is 0 Å².